The van der Waals surface area contributed by atoms with E-state index in [9.17, 15) is 24.9 Å². The molecule has 0 aromatic heterocycles. The monoisotopic (exact) mass is 544 g/mol. The fourth-order valence-corrected chi connectivity index (χ4v) is 5.18. The van der Waals surface area contributed by atoms with Gasteiger partial charge in [-0.1, -0.05) is 42.5 Å². The molecule has 1 heterocycles. The number of unbranched alkanes of at least 4 members (excludes halogenated alkanes) is 1. The molecule has 0 aliphatic carbocycles. The number of hydrogen-bond acceptors (Lipinski definition) is 7. The number of hydrogen-bond donors (Lipinski definition) is 5. The van der Waals surface area contributed by atoms with Crippen molar-refractivity contribution in [1.82, 2.24) is 5.32 Å². The summed E-state index contributed by atoms with van der Waals surface area (Å²) < 4.78 is 5.93. The van der Waals surface area contributed by atoms with E-state index >= 15 is 0 Å². The maximum absolute atomic E-state index is 12.1. The second kappa shape index (κ2) is 13.1. The number of benzene rings is 2. The molecule has 2 aromatic rings. The molecule has 9 heteroatoms. The zero-order chi connectivity index (χ0) is 28.0. The van der Waals surface area contributed by atoms with E-state index in [2.05, 4.69) is 29.6 Å². The first-order chi connectivity index (χ1) is 17.9. The number of aliphatic hydroxyl groups is 3. The number of nitrogens with two attached hydrogens (primary N) is 1. The predicted octanol–water partition coefficient (Wildman–Crippen LogP) is 2.52. The first kappa shape index (κ1) is 30.1. The highest BCUT2D eigenvalue weighted by Crippen LogP contribution is 2.36. The average Bonchev–Trinajstić information content (AvgIpc) is 2.87. The van der Waals surface area contributed by atoms with Crippen molar-refractivity contribution < 1.29 is 29.6 Å². The Labute approximate surface area is 229 Å². The van der Waals surface area contributed by atoms with Crippen molar-refractivity contribution in [1.29, 1.82) is 0 Å². The molecule has 0 bridgehead atoms. The fourth-order valence-electron chi connectivity index (χ4n) is 4.51. The second-order valence-electron chi connectivity index (χ2n) is 10.6. The Morgan fingerprint density at radius 1 is 1.00 bits per heavy atom. The molecule has 1 aliphatic rings. The minimum Gasteiger partial charge on any atom is -0.387 e. The van der Waals surface area contributed by atoms with Crippen molar-refractivity contribution >= 4 is 23.6 Å². The summed E-state index contributed by atoms with van der Waals surface area (Å²) in [6.45, 7) is 5.22. The Bertz CT molecular complexity index is 1100. The van der Waals surface area contributed by atoms with Gasteiger partial charge in [0.05, 0.1) is 0 Å². The molecule has 0 unspecified atom stereocenters. The minimum absolute atomic E-state index is 0.178. The van der Waals surface area contributed by atoms with Crippen molar-refractivity contribution in [3.8, 4) is 0 Å². The second-order valence-corrected chi connectivity index (χ2v) is 11.5. The summed E-state index contributed by atoms with van der Waals surface area (Å²) in [6.07, 6.45) is 0.893. The molecule has 8 nitrogen and oxygen atoms in total. The van der Waals surface area contributed by atoms with E-state index in [1.165, 1.54) is 17.3 Å². The molecular formula is C29H40N2O6S. The van der Waals surface area contributed by atoms with Crippen LogP contribution in [0.5, 0.6) is 0 Å². The van der Waals surface area contributed by atoms with Crippen LogP contribution in [0.15, 0.2) is 42.5 Å². The number of thioether (sulfide) groups is 1. The maximum atomic E-state index is 12.1. The summed E-state index contributed by atoms with van der Waals surface area (Å²) in [5, 5.41) is 33.7. The highest BCUT2D eigenvalue weighted by Gasteiger charge is 2.44. The third kappa shape index (κ3) is 7.57. The molecule has 1 fully saturated rings. The quantitative estimate of drug-likeness (QED) is 0.274. The van der Waals surface area contributed by atoms with Crippen LogP contribution < -0.4 is 11.1 Å². The van der Waals surface area contributed by atoms with Crippen molar-refractivity contribution in [3.05, 3.63) is 70.3 Å². The maximum Gasteiger partial charge on any atom is 0.242 e. The van der Waals surface area contributed by atoms with Gasteiger partial charge >= 0.3 is 0 Å². The lowest BCUT2D eigenvalue weighted by Crippen LogP contribution is -2.52. The molecule has 1 aliphatic heterocycles. The Hall–Kier alpha value is -2.43. The highest BCUT2D eigenvalue weighted by molar-refractivity contribution is 7.99. The van der Waals surface area contributed by atoms with Crippen molar-refractivity contribution in [3.63, 3.8) is 0 Å². The van der Waals surface area contributed by atoms with Crippen LogP contribution in [-0.2, 0) is 27.2 Å². The van der Waals surface area contributed by atoms with E-state index in [0.717, 1.165) is 35.1 Å². The van der Waals surface area contributed by atoms with Gasteiger partial charge in [-0.05, 0) is 80.5 Å². The molecule has 0 saturated carbocycles. The van der Waals surface area contributed by atoms with Crippen LogP contribution in [0.2, 0.25) is 0 Å². The molecule has 0 spiro atoms. The SMILES string of the molecule is CS[C@H]1O[C@@H](c2ccc(C)c(Cc3ccc(CCCCC(=O)NC(C)(C)C(N)=O)cc3)c2)[C@H](O)[C@@H](O)[C@@H]1O. The number of nitrogens with one attached hydrogen (secondary N) is 1. The molecular weight excluding hydrogens is 504 g/mol. The van der Waals surface area contributed by atoms with Crippen LogP contribution in [0.4, 0.5) is 0 Å². The lowest BCUT2D eigenvalue weighted by atomic mass is 9.91. The average molecular weight is 545 g/mol. The Balaban J connectivity index is 1.56. The van der Waals surface area contributed by atoms with Gasteiger partial charge in [-0.15, -0.1) is 11.8 Å². The van der Waals surface area contributed by atoms with E-state index in [1.807, 2.05) is 25.1 Å². The fraction of sp³-hybridized carbons (Fsp3) is 0.517. The van der Waals surface area contributed by atoms with Gasteiger partial charge in [0.2, 0.25) is 11.8 Å². The Morgan fingerprint density at radius 3 is 2.29 bits per heavy atom. The lowest BCUT2D eigenvalue weighted by Gasteiger charge is -2.40. The van der Waals surface area contributed by atoms with Gasteiger partial charge in [0.25, 0.3) is 0 Å². The first-order valence-corrected chi connectivity index (χ1v) is 14.2. The zero-order valence-corrected chi connectivity index (χ0v) is 23.3. The van der Waals surface area contributed by atoms with Gasteiger partial charge in [0.1, 0.15) is 35.4 Å². The largest absolute Gasteiger partial charge is 0.387 e. The normalized spacial score (nSPS) is 23.7. The summed E-state index contributed by atoms with van der Waals surface area (Å²) in [5.74, 6) is -0.738. The molecule has 2 aromatic carbocycles. The molecule has 2 amide bonds. The zero-order valence-electron chi connectivity index (χ0n) is 22.5. The Morgan fingerprint density at radius 2 is 1.66 bits per heavy atom. The predicted molar refractivity (Wildman–Crippen MR) is 149 cm³/mol. The summed E-state index contributed by atoms with van der Waals surface area (Å²) in [4.78, 5) is 23.4. The van der Waals surface area contributed by atoms with Crippen molar-refractivity contribution in [2.75, 3.05) is 6.26 Å². The van der Waals surface area contributed by atoms with Crippen LogP contribution in [0, 0.1) is 6.92 Å². The highest BCUT2D eigenvalue weighted by atomic mass is 32.2. The summed E-state index contributed by atoms with van der Waals surface area (Å²) in [6, 6.07) is 14.3. The van der Waals surface area contributed by atoms with Gasteiger partial charge in [0, 0.05) is 6.42 Å². The van der Waals surface area contributed by atoms with Crippen LogP contribution in [0.1, 0.15) is 67.0 Å². The number of aliphatic hydroxyl groups excluding tert-OH is 3. The summed E-state index contributed by atoms with van der Waals surface area (Å²) >= 11 is 1.30. The van der Waals surface area contributed by atoms with Crippen LogP contribution in [-0.4, -0.2) is 62.7 Å². The van der Waals surface area contributed by atoms with Crippen molar-refractivity contribution in [2.24, 2.45) is 5.73 Å². The van der Waals surface area contributed by atoms with Crippen LogP contribution in [0.25, 0.3) is 0 Å². The van der Waals surface area contributed by atoms with E-state index in [1.54, 1.807) is 20.1 Å². The number of primary amides is 1. The minimum atomic E-state index is -1.28. The third-order valence-corrected chi connectivity index (χ3v) is 7.96. The smallest absolute Gasteiger partial charge is 0.242 e. The van der Waals surface area contributed by atoms with E-state index in [4.69, 9.17) is 10.5 Å². The number of aryl methyl sites for hydroxylation is 2. The van der Waals surface area contributed by atoms with E-state index in [0.29, 0.717) is 19.3 Å². The molecule has 0 radical (unpaired) electrons. The van der Waals surface area contributed by atoms with Gasteiger partial charge in [0.15, 0.2) is 0 Å². The molecule has 6 N–H and O–H groups in total. The molecule has 1 saturated heterocycles. The number of amides is 2. The first-order valence-electron chi connectivity index (χ1n) is 12.9. The van der Waals surface area contributed by atoms with Gasteiger partial charge in [-0.2, -0.15) is 0 Å². The molecule has 208 valence electrons. The van der Waals surface area contributed by atoms with E-state index in [-0.39, 0.29) is 5.91 Å². The molecule has 5 atom stereocenters. The lowest BCUT2D eigenvalue weighted by molar-refractivity contribution is -0.200. The van der Waals surface area contributed by atoms with Gasteiger partial charge < -0.3 is 31.1 Å². The van der Waals surface area contributed by atoms with Crippen LogP contribution >= 0.6 is 11.8 Å². The third-order valence-electron chi connectivity index (χ3n) is 7.11. The summed E-state index contributed by atoms with van der Waals surface area (Å²) in [5.41, 5.74) is 8.94. The number of carbonyl (C=O) groups is 2. The van der Waals surface area contributed by atoms with Crippen molar-refractivity contribution in [2.45, 2.75) is 88.3 Å². The standard InChI is InChI=1S/C29H40N2O6S/c1-17-9-14-20(26-24(34)23(33)25(35)27(37-26)38-4)16-21(17)15-19-12-10-18(11-13-19)7-5-6-8-22(32)31-29(2,3)28(30)36/h9-14,16,23-27,33-35H,5-8,15H2,1-4H3,(H2,30,36)(H,31,32)/t23-,24-,25+,26+,27-/m1/s1. The van der Waals surface area contributed by atoms with E-state index < -0.39 is 41.3 Å². The van der Waals surface area contributed by atoms with Gasteiger partial charge in [-0.3, -0.25) is 9.59 Å². The topological polar surface area (TPSA) is 142 Å². The Kier molecular flexibility index (Phi) is 10.4. The molecule has 3 rings (SSSR count). The number of rotatable bonds is 11. The summed E-state index contributed by atoms with van der Waals surface area (Å²) in [7, 11) is 0. The van der Waals surface area contributed by atoms with Crippen LogP contribution in [0.3, 0.4) is 0 Å². The number of carbonyl (C=O) groups excluding carboxylic acids is 2. The molecule has 38 heavy (non-hydrogen) atoms. The van der Waals surface area contributed by atoms with Gasteiger partial charge in [-0.25, -0.2) is 0 Å². The number of ether oxygens (including phenoxy) is 1.